The first-order valence-electron chi connectivity index (χ1n) is 6.86. The molecule has 0 spiro atoms. The van der Waals surface area contributed by atoms with Gasteiger partial charge in [0.15, 0.2) is 0 Å². The van der Waals surface area contributed by atoms with Crippen molar-refractivity contribution in [2.24, 2.45) is 11.8 Å². The highest BCUT2D eigenvalue weighted by Gasteiger charge is 2.21. The predicted molar refractivity (Wildman–Crippen MR) is 71.3 cm³/mol. The number of allylic oxidation sites excluding steroid dienone is 6. The number of rotatable bonds is 6. The highest BCUT2D eigenvalue weighted by Crippen LogP contribution is 2.33. The quantitative estimate of drug-likeness (QED) is 0.431. The van der Waals surface area contributed by atoms with E-state index in [1.807, 2.05) is 0 Å². The van der Waals surface area contributed by atoms with Crippen molar-refractivity contribution in [3.63, 3.8) is 0 Å². The molecule has 0 saturated heterocycles. The number of hydrogen-bond donors (Lipinski definition) is 0. The molecule has 0 bridgehead atoms. The monoisotopic (exact) mass is 216 g/mol. The molecule has 2 aliphatic carbocycles. The van der Waals surface area contributed by atoms with E-state index in [1.54, 1.807) is 5.57 Å². The van der Waals surface area contributed by atoms with E-state index in [9.17, 15) is 0 Å². The lowest BCUT2D eigenvalue weighted by Crippen LogP contribution is -2.18. The first-order valence-corrected chi connectivity index (χ1v) is 6.86. The van der Waals surface area contributed by atoms with Crippen molar-refractivity contribution < 1.29 is 0 Å². The molecule has 0 unspecified atom stereocenters. The highest BCUT2D eigenvalue weighted by atomic mass is 14.3. The molecule has 0 aromatic carbocycles. The van der Waals surface area contributed by atoms with Crippen LogP contribution >= 0.6 is 0 Å². The van der Waals surface area contributed by atoms with Crippen molar-refractivity contribution in [3.8, 4) is 0 Å². The van der Waals surface area contributed by atoms with E-state index in [0.29, 0.717) is 0 Å². The van der Waals surface area contributed by atoms with Crippen LogP contribution in [0.5, 0.6) is 0 Å². The standard InChI is InChI=1S/C16H24/c1-14-12-16(13-14)11-5-3-2-4-8-15-9-6-7-10-15/h5-7,9,11,14,16H,2-4,8,10,12-13H2,1H3/b11-5-. The molecule has 2 rings (SSSR count). The van der Waals surface area contributed by atoms with E-state index in [-0.39, 0.29) is 0 Å². The predicted octanol–water partition coefficient (Wildman–Crippen LogP) is 5.04. The molecule has 1 saturated carbocycles. The second-order valence-electron chi connectivity index (χ2n) is 5.47. The van der Waals surface area contributed by atoms with Crippen molar-refractivity contribution in [1.29, 1.82) is 0 Å². The van der Waals surface area contributed by atoms with Crippen LogP contribution in [0.4, 0.5) is 0 Å². The third-order valence-electron chi connectivity index (χ3n) is 3.79. The van der Waals surface area contributed by atoms with E-state index < -0.39 is 0 Å². The molecule has 88 valence electrons. The zero-order chi connectivity index (χ0) is 11.2. The minimum Gasteiger partial charge on any atom is -0.0883 e. The molecule has 16 heavy (non-hydrogen) atoms. The first kappa shape index (κ1) is 11.7. The Kier molecular flexibility index (Phi) is 4.44. The van der Waals surface area contributed by atoms with Gasteiger partial charge >= 0.3 is 0 Å². The van der Waals surface area contributed by atoms with Crippen molar-refractivity contribution >= 4 is 0 Å². The van der Waals surface area contributed by atoms with Crippen LogP contribution in [0.15, 0.2) is 36.0 Å². The molecule has 0 radical (unpaired) electrons. The van der Waals surface area contributed by atoms with Crippen LogP contribution in [0.2, 0.25) is 0 Å². The second-order valence-corrected chi connectivity index (χ2v) is 5.47. The second kappa shape index (κ2) is 6.08. The lowest BCUT2D eigenvalue weighted by molar-refractivity contribution is 0.262. The van der Waals surface area contributed by atoms with E-state index >= 15 is 0 Å². The van der Waals surface area contributed by atoms with Crippen molar-refractivity contribution in [1.82, 2.24) is 0 Å². The van der Waals surface area contributed by atoms with Gasteiger partial charge in [-0.05, 0) is 56.8 Å². The van der Waals surface area contributed by atoms with Gasteiger partial charge in [-0.2, -0.15) is 0 Å². The number of unbranched alkanes of at least 4 members (excludes halogenated alkanes) is 2. The maximum atomic E-state index is 2.45. The zero-order valence-electron chi connectivity index (χ0n) is 10.5. The van der Waals surface area contributed by atoms with Gasteiger partial charge in [-0.25, -0.2) is 0 Å². The van der Waals surface area contributed by atoms with Gasteiger partial charge in [0.05, 0.1) is 0 Å². The van der Waals surface area contributed by atoms with E-state index in [1.165, 1.54) is 44.9 Å². The van der Waals surface area contributed by atoms with Crippen LogP contribution in [0, 0.1) is 11.8 Å². The van der Waals surface area contributed by atoms with Gasteiger partial charge in [-0.1, -0.05) is 42.9 Å². The van der Waals surface area contributed by atoms with Crippen molar-refractivity contribution in [2.45, 2.75) is 51.9 Å². The topological polar surface area (TPSA) is 0 Å². The third-order valence-corrected chi connectivity index (χ3v) is 3.79. The molecule has 1 fully saturated rings. The van der Waals surface area contributed by atoms with Crippen LogP contribution in [0.3, 0.4) is 0 Å². The lowest BCUT2D eigenvalue weighted by Gasteiger charge is -2.30. The molecular weight excluding hydrogens is 192 g/mol. The SMILES string of the molecule is CC1CC(/C=C\CCCCC2=CC=CC2)C1. The van der Waals surface area contributed by atoms with Crippen LogP contribution in [-0.2, 0) is 0 Å². The summed E-state index contributed by atoms with van der Waals surface area (Å²) < 4.78 is 0. The molecule has 0 heteroatoms. The Bertz CT molecular complexity index is 287. The molecule has 0 heterocycles. The van der Waals surface area contributed by atoms with Crippen LogP contribution < -0.4 is 0 Å². The van der Waals surface area contributed by atoms with Crippen LogP contribution in [0.1, 0.15) is 51.9 Å². The van der Waals surface area contributed by atoms with E-state index in [2.05, 4.69) is 37.3 Å². The Morgan fingerprint density at radius 1 is 1.31 bits per heavy atom. The molecule has 0 aliphatic heterocycles. The molecule has 0 amide bonds. The number of hydrogen-bond acceptors (Lipinski definition) is 0. The Balaban J connectivity index is 1.46. The fraction of sp³-hybridized carbons (Fsp3) is 0.625. The summed E-state index contributed by atoms with van der Waals surface area (Å²) in [6.07, 6.45) is 21.0. The van der Waals surface area contributed by atoms with Crippen LogP contribution in [0.25, 0.3) is 0 Å². The van der Waals surface area contributed by atoms with Gasteiger partial charge in [-0.15, -0.1) is 0 Å². The molecule has 2 aliphatic rings. The van der Waals surface area contributed by atoms with E-state index in [4.69, 9.17) is 0 Å². The van der Waals surface area contributed by atoms with Crippen molar-refractivity contribution in [2.75, 3.05) is 0 Å². The normalized spacial score (nSPS) is 28.4. The summed E-state index contributed by atoms with van der Waals surface area (Å²) in [7, 11) is 0. The van der Waals surface area contributed by atoms with Crippen molar-refractivity contribution in [3.05, 3.63) is 36.0 Å². The summed E-state index contributed by atoms with van der Waals surface area (Å²) in [4.78, 5) is 0. The minimum atomic E-state index is 0.914. The van der Waals surface area contributed by atoms with Gasteiger partial charge in [0, 0.05) is 0 Å². The molecule has 0 N–H and O–H groups in total. The Hall–Kier alpha value is -0.780. The highest BCUT2D eigenvalue weighted by molar-refractivity contribution is 5.22. The molecular formula is C16H24. The van der Waals surface area contributed by atoms with Gasteiger partial charge < -0.3 is 0 Å². The zero-order valence-corrected chi connectivity index (χ0v) is 10.5. The summed E-state index contributed by atoms with van der Waals surface area (Å²) >= 11 is 0. The Morgan fingerprint density at radius 3 is 2.88 bits per heavy atom. The summed E-state index contributed by atoms with van der Waals surface area (Å²) in [6.45, 7) is 2.35. The first-order chi connectivity index (χ1) is 7.84. The van der Waals surface area contributed by atoms with Crippen LogP contribution in [-0.4, -0.2) is 0 Å². The summed E-state index contributed by atoms with van der Waals surface area (Å²) in [5, 5.41) is 0. The van der Waals surface area contributed by atoms with Gasteiger partial charge in [-0.3, -0.25) is 0 Å². The Labute approximate surface area is 100 Å². The smallest absolute Gasteiger partial charge is 0.0133 e. The molecule has 0 nitrogen and oxygen atoms in total. The lowest BCUT2D eigenvalue weighted by atomic mass is 9.76. The summed E-state index contributed by atoms with van der Waals surface area (Å²) in [5.41, 5.74) is 1.62. The summed E-state index contributed by atoms with van der Waals surface area (Å²) in [5.74, 6) is 1.90. The average molecular weight is 216 g/mol. The largest absolute Gasteiger partial charge is 0.0883 e. The summed E-state index contributed by atoms with van der Waals surface area (Å²) in [6, 6.07) is 0. The molecule has 0 atom stereocenters. The minimum absolute atomic E-state index is 0.914. The third kappa shape index (κ3) is 3.66. The molecule has 0 aromatic rings. The maximum absolute atomic E-state index is 2.45. The fourth-order valence-corrected chi connectivity index (χ4v) is 2.70. The fourth-order valence-electron chi connectivity index (χ4n) is 2.70. The van der Waals surface area contributed by atoms with Gasteiger partial charge in [0.2, 0.25) is 0 Å². The van der Waals surface area contributed by atoms with E-state index in [0.717, 1.165) is 11.8 Å². The van der Waals surface area contributed by atoms with Gasteiger partial charge in [0.1, 0.15) is 0 Å². The maximum Gasteiger partial charge on any atom is -0.0133 e. The average Bonchev–Trinajstić information content (AvgIpc) is 2.73. The Morgan fingerprint density at radius 2 is 2.19 bits per heavy atom. The van der Waals surface area contributed by atoms with Gasteiger partial charge in [0.25, 0.3) is 0 Å². The molecule has 0 aromatic heterocycles.